The molecule has 0 aromatic rings. The Morgan fingerprint density at radius 2 is 1.71 bits per heavy atom. The van der Waals surface area contributed by atoms with Crippen molar-refractivity contribution in [3.05, 3.63) is 12.7 Å². The highest BCUT2D eigenvalue weighted by Crippen LogP contribution is 2.37. The predicted octanol–water partition coefficient (Wildman–Crippen LogP) is 2.19. The third kappa shape index (κ3) is 2.18. The minimum atomic E-state index is -0.166. The summed E-state index contributed by atoms with van der Waals surface area (Å²) in [6.07, 6.45) is 3.48. The first-order valence-corrected chi connectivity index (χ1v) is 5.36. The summed E-state index contributed by atoms with van der Waals surface area (Å²) in [6.45, 7) is 13.5. The lowest BCUT2D eigenvalue weighted by Crippen LogP contribution is -2.61. The Morgan fingerprint density at radius 3 is 2.07 bits per heavy atom. The van der Waals surface area contributed by atoms with E-state index in [1.54, 1.807) is 0 Å². The summed E-state index contributed by atoms with van der Waals surface area (Å²) < 4.78 is 0. The largest absolute Gasteiger partial charge is 0.393 e. The zero-order valence-corrected chi connectivity index (χ0v) is 9.88. The second-order valence-corrected chi connectivity index (χ2v) is 5.59. The van der Waals surface area contributed by atoms with Crippen molar-refractivity contribution in [2.45, 2.75) is 57.7 Å². The Morgan fingerprint density at radius 1 is 1.29 bits per heavy atom. The van der Waals surface area contributed by atoms with Gasteiger partial charge in [-0.25, -0.2) is 0 Å². The van der Waals surface area contributed by atoms with Crippen LogP contribution >= 0.6 is 0 Å². The maximum atomic E-state index is 9.81. The number of aliphatic hydroxyl groups excluding tert-OH is 1. The molecule has 1 heterocycles. The van der Waals surface area contributed by atoms with Crippen molar-refractivity contribution in [2.24, 2.45) is 0 Å². The summed E-state index contributed by atoms with van der Waals surface area (Å²) in [5.74, 6) is 0. The van der Waals surface area contributed by atoms with Crippen molar-refractivity contribution in [2.75, 3.05) is 6.54 Å². The van der Waals surface area contributed by atoms with Crippen LogP contribution in [0.3, 0.4) is 0 Å². The number of hydrogen-bond acceptors (Lipinski definition) is 2. The van der Waals surface area contributed by atoms with E-state index in [-0.39, 0.29) is 17.2 Å². The SMILES string of the molecule is C=CCN1C(C)(C)CC(O)CC1(C)C. The topological polar surface area (TPSA) is 23.5 Å². The van der Waals surface area contributed by atoms with Gasteiger partial charge in [-0.2, -0.15) is 0 Å². The summed E-state index contributed by atoms with van der Waals surface area (Å²) in [6, 6.07) is 0. The maximum Gasteiger partial charge on any atom is 0.0575 e. The van der Waals surface area contributed by atoms with E-state index >= 15 is 0 Å². The molecule has 1 saturated heterocycles. The van der Waals surface area contributed by atoms with E-state index < -0.39 is 0 Å². The first-order valence-electron chi connectivity index (χ1n) is 5.36. The van der Waals surface area contributed by atoms with Gasteiger partial charge in [0.2, 0.25) is 0 Å². The summed E-state index contributed by atoms with van der Waals surface area (Å²) in [5, 5.41) is 9.81. The number of nitrogens with zero attached hydrogens (tertiary/aromatic N) is 1. The number of piperidine rings is 1. The molecule has 82 valence electrons. The standard InChI is InChI=1S/C12H23NO/c1-6-7-13-11(2,3)8-10(14)9-12(13,4)5/h6,10,14H,1,7-9H2,2-5H3. The Kier molecular flexibility index (Phi) is 3.07. The van der Waals surface area contributed by atoms with Crippen LogP contribution in [-0.2, 0) is 0 Å². The zero-order chi connectivity index (χ0) is 11.0. The van der Waals surface area contributed by atoms with Crippen molar-refractivity contribution in [1.29, 1.82) is 0 Å². The van der Waals surface area contributed by atoms with Crippen LogP contribution in [-0.4, -0.2) is 33.7 Å². The van der Waals surface area contributed by atoms with Crippen LogP contribution in [0.1, 0.15) is 40.5 Å². The third-order valence-electron chi connectivity index (χ3n) is 3.24. The molecule has 1 aliphatic rings. The molecule has 1 rings (SSSR count). The normalized spacial score (nSPS) is 27.5. The van der Waals surface area contributed by atoms with Gasteiger partial charge in [-0.1, -0.05) is 6.08 Å². The van der Waals surface area contributed by atoms with E-state index in [0.29, 0.717) is 0 Å². The number of aliphatic hydroxyl groups is 1. The van der Waals surface area contributed by atoms with E-state index in [0.717, 1.165) is 19.4 Å². The second-order valence-electron chi connectivity index (χ2n) is 5.59. The fraction of sp³-hybridized carbons (Fsp3) is 0.833. The summed E-state index contributed by atoms with van der Waals surface area (Å²) in [4.78, 5) is 2.43. The molecule has 0 radical (unpaired) electrons. The van der Waals surface area contributed by atoms with Gasteiger partial charge in [0.1, 0.15) is 0 Å². The van der Waals surface area contributed by atoms with Crippen molar-refractivity contribution in [1.82, 2.24) is 4.90 Å². The van der Waals surface area contributed by atoms with Gasteiger partial charge in [0.05, 0.1) is 6.10 Å². The summed E-state index contributed by atoms with van der Waals surface area (Å²) in [7, 11) is 0. The molecule has 0 bridgehead atoms. The molecule has 0 aromatic heterocycles. The monoisotopic (exact) mass is 197 g/mol. The quantitative estimate of drug-likeness (QED) is 0.686. The second kappa shape index (κ2) is 3.67. The van der Waals surface area contributed by atoms with Gasteiger partial charge in [-0.3, -0.25) is 4.90 Å². The van der Waals surface area contributed by atoms with Crippen molar-refractivity contribution >= 4 is 0 Å². The molecule has 0 spiro atoms. The van der Waals surface area contributed by atoms with Crippen LogP contribution in [0.4, 0.5) is 0 Å². The molecule has 2 nitrogen and oxygen atoms in total. The first-order chi connectivity index (χ1) is 6.29. The van der Waals surface area contributed by atoms with Gasteiger partial charge >= 0.3 is 0 Å². The highest BCUT2D eigenvalue weighted by molar-refractivity contribution is 5.01. The molecular formula is C12H23NO. The fourth-order valence-electron chi connectivity index (χ4n) is 2.89. The number of likely N-dealkylation sites (tertiary alicyclic amines) is 1. The lowest BCUT2D eigenvalue weighted by atomic mass is 9.78. The van der Waals surface area contributed by atoms with Crippen LogP contribution in [0.5, 0.6) is 0 Å². The fourth-order valence-corrected chi connectivity index (χ4v) is 2.89. The average molecular weight is 197 g/mol. The molecule has 1 aliphatic heterocycles. The van der Waals surface area contributed by atoms with Crippen molar-refractivity contribution in [3.8, 4) is 0 Å². The molecule has 0 aliphatic carbocycles. The van der Waals surface area contributed by atoms with Crippen molar-refractivity contribution in [3.63, 3.8) is 0 Å². The Hall–Kier alpha value is -0.340. The Labute approximate surface area is 87.6 Å². The minimum Gasteiger partial charge on any atom is -0.393 e. The lowest BCUT2D eigenvalue weighted by Gasteiger charge is -2.54. The third-order valence-corrected chi connectivity index (χ3v) is 3.24. The van der Waals surface area contributed by atoms with Gasteiger partial charge in [-0.15, -0.1) is 6.58 Å². The van der Waals surface area contributed by atoms with E-state index in [4.69, 9.17) is 0 Å². The molecule has 1 fully saturated rings. The molecule has 0 unspecified atom stereocenters. The van der Waals surface area contributed by atoms with Crippen LogP contribution in [0.25, 0.3) is 0 Å². The van der Waals surface area contributed by atoms with Gasteiger partial charge in [0.25, 0.3) is 0 Å². The van der Waals surface area contributed by atoms with Gasteiger partial charge < -0.3 is 5.11 Å². The van der Waals surface area contributed by atoms with Crippen molar-refractivity contribution < 1.29 is 5.11 Å². The van der Waals surface area contributed by atoms with Gasteiger partial charge in [0, 0.05) is 17.6 Å². The lowest BCUT2D eigenvalue weighted by molar-refractivity contribution is -0.0735. The summed E-state index contributed by atoms with van der Waals surface area (Å²) >= 11 is 0. The zero-order valence-electron chi connectivity index (χ0n) is 9.88. The maximum absolute atomic E-state index is 9.81. The number of rotatable bonds is 2. The molecule has 0 atom stereocenters. The first kappa shape index (κ1) is 11.7. The van der Waals surface area contributed by atoms with Crippen LogP contribution in [0.15, 0.2) is 12.7 Å². The minimum absolute atomic E-state index is 0.0648. The molecule has 0 amide bonds. The number of hydrogen-bond donors (Lipinski definition) is 1. The van der Waals surface area contributed by atoms with E-state index in [1.807, 2.05) is 6.08 Å². The van der Waals surface area contributed by atoms with Crippen LogP contribution in [0, 0.1) is 0 Å². The highest BCUT2D eigenvalue weighted by Gasteiger charge is 2.43. The predicted molar refractivity (Wildman–Crippen MR) is 60.3 cm³/mol. The van der Waals surface area contributed by atoms with E-state index in [9.17, 15) is 5.11 Å². The molecule has 1 N–H and O–H groups in total. The smallest absolute Gasteiger partial charge is 0.0575 e. The molecule has 14 heavy (non-hydrogen) atoms. The van der Waals surface area contributed by atoms with Gasteiger partial charge in [-0.05, 0) is 40.5 Å². The van der Waals surface area contributed by atoms with Crippen LogP contribution in [0.2, 0.25) is 0 Å². The molecule has 0 saturated carbocycles. The van der Waals surface area contributed by atoms with Gasteiger partial charge in [0.15, 0.2) is 0 Å². The average Bonchev–Trinajstić information content (AvgIpc) is 1.94. The molecular weight excluding hydrogens is 174 g/mol. The van der Waals surface area contributed by atoms with Crippen LogP contribution < -0.4 is 0 Å². The van der Waals surface area contributed by atoms with E-state index in [1.165, 1.54) is 0 Å². The molecule has 0 aromatic carbocycles. The Bertz CT molecular complexity index is 202. The Balaban J connectivity index is 2.90. The van der Waals surface area contributed by atoms with E-state index in [2.05, 4.69) is 39.2 Å². The highest BCUT2D eigenvalue weighted by atomic mass is 16.3. The molecule has 2 heteroatoms. The summed E-state index contributed by atoms with van der Waals surface area (Å²) in [5.41, 5.74) is 0.130.